The van der Waals surface area contributed by atoms with Gasteiger partial charge in [-0.3, -0.25) is 0 Å². The maximum absolute atomic E-state index is 8.38. The van der Waals surface area contributed by atoms with Crippen LogP contribution in [0.15, 0.2) is 28.3 Å². The highest BCUT2D eigenvalue weighted by molar-refractivity contribution is 7.99. The first-order chi connectivity index (χ1) is 7.63. The molecule has 3 N–H and O–H groups in total. The smallest absolute Gasteiger partial charge is 0.139 e. The van der Waals surface area contributed by atoms with Crippen LogP contribution in [0.25, 0.3) is 0 Å². The van der Waals surface area contributed by atoms with E-state index in [0.717, 1.165) is 12.2 Å². The lowest BCUT2D eigenvalue weighted by Gasteiger charge is -2.06. The Hall–Kier alpha value is -1.16. The van der Waals surface area contributed by atoms with Crippen LogP contribution in [0.3, 0.4) is 0 Å². The summed E-state index contributed by atoms with van der Waals surface area (Å²) in [5.74, 6) is 1.29. The average Bonchev–Trinajstić information content (AvgIpc) is 2.26. The summed E-state index contributed by atoms with van der Waals surface area (Å²) in [6.45, 7) is 4.22. The molecule has 0 unspecified atom stereocenters. The molecule has 0 radical (unpaired) electrons. The van der Waals surface area contributed by atoms with Crippen LogP contribution in [0.4, 0.5) is 0 Å². The zero-order valence-corrected chi connectivity index (χ0v) is 10.5. The topological polar surface area (TPSA) is 58.6 Å². The van der Waals surface area contributed by atoms with Crippen LogP contribution in [0.5, 0.6) is 0 Å². The summed E-state index contributed by atoms with van der Waals surface area (Å²) < 4.78 is 0. The summed E-state index contributed by atoms with van der Waals surface area (Å²) in [5, 5.41) is 11.3. The number of aryl methyl sites for hydroxylation is 2. The molecular formula is C12H18N2OS. The molecule has 4 heteroatoms. The Labute approximate surface area is 101 Å². The van der Waals surface area contributed by atoms with Gasteiger partial charge in [-0.05, 0) is 37.7 Å². The summed E-state index contributed by atoms with van der Waals surface area (Å²) >= 11 is 1.82. The summed E-state index contributed by atoms with van der Waals surface area (Å²) in [6, 6.07) is 6.46. The van der Waals surface area contributed by atoms with E-state index in [1.54, 1.807) is 0 Å². The highest BCUT2D eigenvalue weighted by Crippen LogP contribution is 2.23. The number of benzene rings is 1. The van der Waals surface area contributed by atoms with Gasteiger partial charge in [-0.15, -0.1) is 11.8 Å². The van der Waals surface area contributed by atoms with Gasteiger partial charge in [-0.1, -0.05) is 22.9 Å². The molecule has 1 aromatic rings. The van der Waals surface area contributed by atoms with Crippen molar-refractivity contribution in [3.63, 3.8) is 0 Å². The van der Waals surface area contributed by atoms with Gasteiger partial charge in [0.1, 0.15) is 5.84 Å². The molecule has 0 saturated carbocycles. The SMILES string of the molecule is Cc1ccc(SCCC/C(N)=N/O)c(C)c1. The van der Waals surface area contributed by atoms with E-state index in [-0.39, 0.29) is 0 Å². The lowest BCUT2D eigenvalue weighted by Crippen LogP contribution is -2.11. The maximum atomic E-state index is 8.38. The number of nitrogens with zero attached hydrogens (tertiary/aromatic N) is 1. The van der Waals surface area contributed by atoms with Crippen LogP contribution in [0, 0.1) is 13.8 Å². The van der Waals surface area contributed by atoms with E-state index in [4.69, 9.17) is 10.9 Å². The van der Waals surface area contributed by atoms with E-state index in [0.29, 0.717) is 12.3 Å². The van der Waals surface area contributed by atoms with Crippen molar-refractivity contribution in [2.75, 3.05) is 5.75 Å². The summed E-state index contributed by atoms with van der Waals surface area (Å²) in [6.07, 6.45) is 1.57. The third-order valence-electron chi connectivity index (χ3n) is 2.29. The number of hydrogen-bond acceptors (Lipinski definition) is 3. The standard InChI is InChI=1S/C12H18N2OS/c1-9-5-6-11(10(2)8-9)16-7-3-4-12(13)14-15/h5-6,8,15H,3-4,7H2,1-2H3,(H2,13,14). The van der Waals surface area contributed by atoms with Crippen LogP contribution in [-0.2, 0) is 0 Å². The quantitative estimate of drug-likeness (QED) is 0.207. The molecule has 1 aromatic carbocycles. The minimum absolute atomic E-state index is 0.307. The molecule has 0 aliphatic rings. The van der Waals surface area contributed by atoms with E-state index in [1.165, 1.54) is 16.0 Å². The average molecular weight is 238 g/mol. The molecule has 88 valence electrons. The molecule has 0 aromatic heterocycles. The van der Waals surface area contributed by atoms with Gasteiger partial charge in [0, 0.05) is 11.3 Å². The van der Waals surface area contributed by atoms with Gasteiger partial charge in [-0.2, -0.15) is 0 Å². The summed E-state index contributed by atoms with van der Waals surface area (Å²) in [5.41, 5.74) is 8.00. The van der Waals surface area contributed by atoms with Gasteiger partial charge in [-0.25, -0.2) is 0 Å². The molecule has 0 fully saturated rings. The predicted octanol–water partition coefficient (Wildman–Crippen LogP) is 2.92. The highest BCUT2D eigenvalue weighted by Gasteiger charge is 2.00. The maximum Gasteiger partial charge on any atom is 0.139 e. The molecule has 0 aliphatic carbocycles. The third kappa shape index (κ3) is 4.14. The Morgan fingerprint density at radius 1 is 1.44 bits per heavy atom. The number of thioether (sulfide) groups is 1. The Balaban J connectivity index is 2.37. The van der Waals surface area contributed by atoms with Crippen LogP contribution in [-0.4, -0.2) is 16.8 Å². The van der Waals surface area contributed by atoms with Crippen molar-refractivity contribution in [2.45, 2.75) is 31.6 Å². The van der Waals surface area contributed by atoms with Gasteiger partial charge in [0.05, 0.1) is 0 Å². The predicted molar refractivity (Wildman–Crippen MR) is 69.3 cm³/mol. The number of rotatable bonds is 5. The fraction of sp³-hybridized carbons (Fsp3) is 0.417. The molecule has 0 spiro atoms. The van der Waals surface area contributed by atoms with Crippen LogP contribution >= 0.6 is 11.8 Å². The van der Waals surface area contributed by atoms with E-state index in [9.17, 15) is 0 Å². The molecule has 1 rings (SSSR count). The molecule has 0 bridgehead atoms. The molecule has 0 atom stereocenters. The minimum Gasteiger partial charge on any atom is -0.409 e. The van der Waals surface area contributed by atoms with Crippen molar-refractivity contribution >= 4 is 17.6 Å². The van der Waals surface area contributed by atoms with Crippen LogP contribution in [0.1, 0.15) is 24.0 Å². The Bertz CT molecular complexity index is 377. The Kier molecular flexibility index (Phi) is 5.19. The Morgan fingerprint density at radius 3 is 2.81 bits per heavy atom. The van der Waals surface area contributed by atoms with Gasteiger partial charge in [0.25, 0.3) is 0 Å². The lowest BCUT2D eigenvalue weighted by molar-refractivity contribution is 0.317. The van der Waals surface area contributed by atoms with Crippen molar-refractivity contribution in [3.05, 3.63) is 29.3 Å². The zero-order valence-electron chi connectivity index (χ0n) is 9.73. The number of nitrogens with two attached hydrogens (primary N) is 1. The van der Waals surface area contributed by atoms with E-state index < -0.39 is 0 Å². The lowest BCUT2D eigenvalue weighted by atomic mass is 10.2. The van der Waals surface area contributed by atoms with Gasteiger partial charge >= 0.3 is 0 Å². The van der Waals surface area contributed by atoms with Crippen LogP contribution < -0.4 is 5.73 Å². The zero-order chi connectivity index (χ0) is 12.0. The molecule has 0 saturated heterocycles. The van der Waals surface area contributed by atoms with E-state index in [1.807, 2.05) is 11.8 Å². The monoisotopic (exact) mass is 238 g/mol. The molecule has 0 heterocycles. The summed E-state index contributed by atoms with van der Waals surface area (Å²) in [7, 11) is 0. The molecule has 0 aliphatic heterocycles. The summed E-state index contributed by atoms with van der Waals surface area (Å²) in [4.78, 5) is 1.31. The second-order valence-corrected chi connectivity index (χ2v) is 4.95. The second kappa shape index (κ2) is 6.43. The minimum atomic E-state index is 0.307. The van der Waals surface area contributed by atoms with Crippen LogP contribution in [0.2, 0.25) is 0 Å². The largest absolute Gasteiger partial charge is 0.409 e. The van der Waals surface area contributed by atoms with Crippen molar-refractivity contribution in [1.29, 1.82) is 0 Å². The number of oxime groups is 1. The Morgan fingerprint density at radius 2 is 2.19 bits per heavy atom. The first-order valence-corrected chi connectivity index (χ1v) is 6.28. The first-order valence-electron chi connectivity index (χ1n) is 5.30. The number of amidine groups is 1. The highest BCUT2D eigenvalue weighted by atomic mass is 32.2. The van der Waals surface area contributed by atoms with Gasteiger partial charge < -0.3 is 10.9 Å². The second-order valence-electron chi connectivity index (χ2n) is 3.81. The van der Waals surface area contributed by atoms with Gasteiger partial charge in [0.2, 0.25) is 0 Å². The van der Waals surface area contributed by atoms with Crippen molar-refractivity contribution in [1.82, 2.24) is 0 Å². The number of hydrogen-bond donors (Lipinski definition) is 2. The van der Waals surface area contributed by atoms with Crippen molar-refractivity contribution < 1.29 is 5.21 Å². The normalized spacial score (nSPS) is 11.8. The molecule has 3 nitrogen and oxygen atoms in total. The van der Waals surface area contributed by atoms with E-state index >= 15 is 0 Å². The van der Waals surface area contributed by atoms with Crippen molar-refractivity contribution in [2.24, 2.45) is 10.9 Å². The fourth-order valence-electron chi connectivity index (χ4n) is 1.45. The third-order valence-corrected chi connectivity index (χ3v) is 3.56. The van der Waals surface area contributed by atoms with Crippen molar-refractivity contribution in [3.8, 4) is 0 Å². The van der Waals surface area contributed by atoms with E-state index in [2.05, 4.69) is 37.2 Å². The molecule has 16 heavy (non-hydrogen) atoms. The molecular weight excluding hydrogens is 220 g/mol. The fourth-order valence-corrected chi connectivity index (χ4v) is 2.41. The first kappa shape index (κ1) is 12.9. The van der Waals surface area contributed by atoms with Gasteiger partial charge in [0.15, 0.2) is 0 Å². The molecule has 0 amide bonds.